The Morgan fingerprint density at radius 3 is 2.95 bits per heavy atom. The van der Waals surface area contributed by atoms with Crippen LogP contribution in [-0.4, -0.2) is 34.7 Å². The molecule has 0 radical (unpaired) electrons. The fourth-order valence-corrected chi connectivity index (χ4v) is 2.10. The van der Waals surface area contributed by atoms with Crippen LogP contribution in [-0.2, 0) is 6.54 Å². The highest BCUT2D eigenvalue weighted by atomic mass is 35.5. The minimum Gasteiger partial charge on any atom is -0.439 e. The van der Waals surface area contributed by atoms with Crippen molar-refractivity contribution in [1.29, 1.82) is 0 Å². The Labute approximate surface area is 117 Å². The van der Waals surface area contributed by atoms with E-state index in [4.69, 9.17) is 16.0 Å². The maximum atomic E-state index is 9.31. The number of aliphatic hydroxyl groups is 1. The van der Waals surface area contributed by atoms with Gasteiger partial charge in [0.15, 0.2) is 5.76 Å². The van der Waals surface area contributed by atoms with E-state index in [0.29, 0.717) is 29.8 Å². The quantitative estimate of drug-likeness (QED) is 0.915. The van der Waals surface area contributed by atoms with Crippen molar-refractivity contribution >= 4 is 11.6 Å². The minimum atomic E-state index is -0.368. The monoisotopic (exact) mass is 280 g/mol. The number of halogens is 1. The lowest BCUT2D eigenvalue weighted by Gasteiger charge is -2.15. The molecule has 102 valence electrons. The molecule has 0 saturated carbocycles. The van der Waals surface area contributed by atoms with Gasteiger partial charge in [-0.05, 0) is 26.1 Å². The van der Waals surface area contributed by atoms with Gasteiger partial charge < -0.3 is 9.52 Å². The van der Waals surface area contributed by atoms with Gasteiger partial charge in [-0.25, -0.2) is 4.98 Å². The van der Waals surface area contributed by atoms with E-state index in [9.17, 15) is 5.11 Å². The van der Waals surface area contributed by atoms with Crippen LogP contribution in [0.2, 0.25) is 5.02 Å². The van der Waals surface area contributed by atoms with E-state index in [1.807, 2.05) is 36.2 Å². The maximum absolute atomic E-state index is 9.31. The van der Waals surface area contributed by atoms with Gasteiger partial charge in [-0.1, -0.05) is 23.7 Å². The van der Waals surface area contributed by atoms with Gasteiger partial charge in [0, 0.05) is 17.1 Å². The van der Waals surface area contributed by atoms with Crippen molar-refractivity contribution in [1.82, 2.24) is 9.88 Å². The zero-order valence-corrected chi connectivity index (χ0v) is 11.8. The Morgan fingerprint density at radius 1 is 1.47 bits per heavy atom. The first-order chi connectivity index (χ1) is 9.04. The van der Waals surface area contributed by atoms with Crippen LogP contribution in [0.15, 0.2) is 34.9 Å². The van der Waals surface area contributed by atoms with Crippen LogP contribution >= 0.6 is 11.6 Å². The molecule has 0 fully saturated rings. The first-order valence-corrected chi connectivity index (χ1v) is 6.49. The molecule has 19 heavy (non-hydrogen) atoms. The zero-order chi connectivity index (χ0) is 13.8. The lowest BCUT2D eigenvalue weighted by molar-refractivity contribution is 0.133. The summed E-state index contributed by atoms with van der Waals surface area (Å²) in [6, 6.07) is 7.46. The molecule has 1 aromatic carbocycles. The third-order valence-electron chi connectivity index (χ3n) is 2.64. The second-order valence-corrected chi connectivity index (χ2v) is 5.11. The van der Waals surface area contributed by atoms with E-state index in [0.717, 1.165) is 5.56 Å². The lowest BCUT2D eigenvalue weighted by atomic mass is 10.2. The van der Waals surface area contributed by atoms with Crippen molar-refractivity contribution in [3.8, 4) is 11.3 Å². The Morgan fingerprint density at radius 2 is 2.26 bits per heavy atom. The molecule has 0 aliphatic rings. The van der Waals surface area contributed by atoms with E-state index in [-0.39, 0.29) is 6.10 Å². The minimum absolute atomic E-state index is 0.368. The summed E-state index contributed by atoms with van der Waals surface area (Å²) in [5.41, 5.74) is 0.907. The molecule has 4 nitrogen and oxygen atoms in total. The van der Waals surface area contributed by atoms with Gasteiger partial charge in [0.25, 0.3) is 0 Å². The molecule has 2 rings (SSSR count). The second kappa shape index (κ2) is 6.19. The molecule has 0 bridgehead atoms. The fraction of sp³-hybridized carbons (Fsp3) is 0.357. The number of aliphatic hydroxyl groups excluding tert-OH is 1. The lowest BCUT2D eigenvalue weighted by Crippen LogP contribution is -2.26. The van der Waals surface area contributed by atoms with Gasteiger partial charge in [0.05, 0.1) is 18.8 Å². The molecule has 5 heteroatoms. The fourth-order valence-electron chi connectivity index (χ4n) is 1.91. The molecule has 1 aromatic heterocycles. The van der Waals surface area contributed by atoms with Crippen molar-refractivity contribution in [2.24, 2.45) is 0 Å². The van der Waals surface area contributed by atoms with Gasteiger partial charge in [-0.3, -0.25) is 4.90 Å². The average Bonchev–Trinajstić information content (AvgIpc) is 2.76. The Hall–Kier alpha value is -1.36. The van der Waals surface area contributed by atoms with E-state index >= 15 is 0 Å². The molecule has 0 saturated heterocycles. The summed E-state index contributed by atoms with van der Waals surface area (Å²) in [7, 11) is 1.91. The molecule has 0 aliphatic heterocycles. The summed E-state index contributed by atoms with van der Waals surface area (Å²) >= 11 is 5.95. The molecule has 1 heterocycles. The Balaban J connectivity index is 2.07. The first-order valence-electron chi connectivity index (χ1n) is 6.12. The van der Waals surface area contributed by atoms with Crippen molar-refractivity contribution in [2.45, 2.75) is 19.6 Å². The largest absolute Gasteiger partial charge is 0.439 e. The molecule has 0 amide bonds. The smallest absolute Gasteiger partial charge is 0.209 e. The van der Waals surface area contributed by atoms with Crippen LogP contribution < -0.4 is 0 Å². The van der Waals surface area contributed by atoms with Gasteiger partial charge >= 0.3 is 0 Å². The Kier molecular flexibility index (Phi) is 4.58. The molecular weight excluding hydrogens is 264 g/mol. The van der Waals surface area contributed by atoms with Gasteiger partial charge in [0.2, 0.25) is 5.89 Å². The highest BCUT2D eigenvalue weighted by Gasteiger charge is 2.10. The summed E-state index contributed by atoms with van der Waals surface area (Å²) in [4.78, 5) is 6.19. The molecule has 1 unspecified atom stereocenters. The maximum Gasteiger partial charge on any atom is 0.209 e. The van der Waals surface area contributed by atoms with Crippen LogP contribution in [0, 0.1) is 0 Å². The van der Waals surface area contributed by atoms with Crippen molar-refractivity contribution in [3.63, 3.8) is 0 Å². The van der Waals surface area contributed by atoms with E-state index in [2.05, 4.69) is 4.98 Å². The van der Waals surface area contributed by atoms with Crippen LogP contribution in [0.5, 0.6) is 0 Å². The van der Waals surface area contributed by atoms with Gasteiger partial charge in [0.1, 0.15) is 0 Å². The number of hydrogen-bond acceptors (Lipinski definition) is 4. The summed E-state index contributed by atoms with van der Waals surface area (Å²) in [5, 5.41) is 9.98. The number of oxazole rings is 1. The predicted octanol–water partition coefficient (Wildman–Crippen LogP) is 2.81. The first kappa shape index (κ1) is 14.1. The van der Waals surface area contributed by atoms with Gasteiger partial charge in [-0.15, -0.1) is 0 Å². The predicted molar refractivity (Wildman–Crippen MR) is 75.0 cm³/mol. The number of aromatic nitrogens is 1. The second-order valence-electron chi connectivity index (χ2n) is 4.67. The van der Waals surface area contributed by atoms with E-state index in [1.165, 1.54) is 0 Å². The third kappa shape index (κ3) is 4.06. The standard InChI is InChI=1S/C14H17ClN2O2/c1-10(18)8-17(2)9-14-16-7-13(19-14)11-4-3-5-12(15)6-11/h3-7,10,18H,8-9H2,1-2H3. The van der Waals surface area contributed by atoms with Crippen LogP contribution in [0.4, 0.5) is 0 Å². The van der Waals surface area contributed by atoms with E-state index in [1.54, 1.807) is 13.1 Å². The Bertz CT molecular complexity index is 540. The van der Waals surface area contributed by atoms with Crippen LogP contribution in [0.1, 0.15) is 12.8 Å². The van der Waals surface area contributed by atoms with Gasteiger partial charge in [-0.2, -0.15) is 0 Å². The van der Waals surface area contributed by atoms with E-state index < -0.39 is 0 Å². The molecular formula is C14H17ClN2O2. The molecule has 1 atom stereocenters. The zero-order valence-electron chi connectivity index (χ0n) is 11.0. The molecule has 0 aliphatic carbocycles. The van der Waals surface area contributed by atoms with Crippen LogP contribution in [0.25, 0.3) is 11.3 Å². The summed E-state index contributed by atoms with van der Waals surface area (Å²) < 4.78 is 5.68. The number of rotatable bonds is 5. The molecule has 0 spiro atoms. The summed E-state index contributed by atoms with van der Waals surface area (Å²) in [6.07, 6.45) is 1.32. The van der Waals surface area contributed by atoms with Crippen LogP contribution in [0.3, 0.4) is 0 Å². The summed E-state index contributed by atoms with van der Waals surface area (Å²) in [6.45, 7) is 2.89. The van der Waals surface area contributed by atoms with Crippen molar-refractivity contribution in [3.05, 3.63) is 41.4 Å². The topological polar surface area (TPSA) is 49.5 Å². The highest BCUT2D eigenvalue weighted by molar-refractivity contribution is 6.30. The normalized spacial score (nSPS) is 12.9. The number of hydrogen-bond donors (Lipinski definition) is 1. The molecule has 2 aromatic rings. The highest BCUT2D eigenvalue weighted by Crippen LogP contribution is 2.23. The molecule has 1 N–H and O–H groups in total. The van der Waals surface area contributed by atoms with Crippen molar-refractivity contribution in [2.75, 3.05) is 13.6 Å². The number of likely N-dealkylation sites (N-methyl/N-ethyl adjacent to an activating group) is 1. The van der Waals surface area contributed by atoms with Crippen molar-refractivity contribution < 1.29 is 9.52 Å². The third-order valence-corrected chi connectivity index (χ3v) is 2.88. The SMILES string of the molecule is CC(O)CN(C)Cc1ncc(-c2cccc(Cl)c2)o1. The average molecular weight is 281 g/mol. The number of nitrogens with zero attached hydrogens (tertiary/aromatic N) is 2. The number of benzene rings is 1. The summed E-state index contributed by atoms with van der Waals surface area (Å²) in [5.74, 6) is 1.32.